The topological polar surface area (TPSA) is 74.6 Å². The van der Waals surface area contributed by atoms with E-state index in [2.05, 4.69) is 0 Å². The summed E-state index contributed by atoms with van der Waals surface area (Å²) in [6.45, 7) is 0. The number of benzene rings is 3. The summed E-state index contributed by atoms with van der Waals surface area (Å²) >= 11 is 0. The van der Waals surface area contributed by atoms with Gasteiger partial charge in [0.1, 0.15) is 0 Å². The average Bonchev–Trinajstić information content (AvgIpc) is 2.78. The Bertz CT molecular complexity index is 1390. The maximum absolute atomic E-state index is 13.6. The van der Waals surface area contributed by atoms with Crippen LogP contribution in [0.3, 0.4) is 0 Å². The van der Waals surface area contributed by atoms with Crippen molar-refractivity contribution in [3.8, 4) is 22.8 Å². The quantitative estimate of drug-likeness (QED) is 0.488. The van der Waals surface area contributed by atoms with Gasteiger partial charge in [-0.2, -0.15) is 3.97 Å². The molecule has 0 bridgehead atoms. The van der Waals surface area contributed by atoms with Crippen LogP contribution in [0.2, 0.25) is 0 Å². The molecule has 6 nitrogen and oxygen atoms in total. The largest absolute Gasteiger partial charge is 0.493 e. The van der Waals surface area contributed by atoms with Crippen molar-refractivity contribution >= 4 is 20.8 Å². The third kappa shape index (κ3) is 3.23. The Morgan fingerprint density at radius 3 is 2.13 bits per heavy atom. The molecule has 7 heteroatoms. The molecule has 152 valence electrons. The summed E-state index contributed by atoms with van der Waals surface area (Å²) < 4.78 is 38.5. The number of pyridine rings is 1. The summed E-state index contributed by atoms with van der Waals surface area (Å²) in [7, 11) is -1.34. The van der Waals surface area contributed by atoms with Gasteiger partial charge in [-0.25, -0.2) is 8.42 Å². The minimum Gasteiger partial charge on any atom is -0.493 e. The first-order chi connectivity index (χ1) is 14.5. The molecular formula is C23H19NO5S. The summed E-state index contributed by atoms with van der Waals surface area (Å²) in [4.78, 5) is 13.3. The second kappa shape index (κ2) is 7.68. The van der Waals surface area contributed by atoms with E-state index in [4.69, 9.17) is 9.47 Å². The first kappa shape index (κ1) is 19.7. The average molecular weight is 421 g/mol. The minimum atomic E-state index is -4.23. The zero-order chi connectivity index (χ0) is 21.3. The van der Waals surface area contributed by atoms with Crippen LogP contribution in [0, 0.1) is 0 Å². The van der Waals surface area contributed by atoms with Crippen LogP contribution in [-0.4, -0.2) is 26.6 Å². The van der Waals surface area contributed by atoms with Gasteiger partial charge < -0.3 is 9.47 Å². The normalized spacial score (nSPS) is 11.4. The molecule has 0 N–H and O–H groups in total. The molecular weight excluding hydrogens is 402 g/mol. The van der Waals surface area contributed by atoms with Gasteiger partial charge in [0.25, 0.3) is 15.6 Å². The van der Waals surface area contributed by atoms with Gasteiger partial charge >= 0.3 is 0 Å². The van der Waals surface area contributed by atoms with Crippen molar-refractivity contribution in [2.75, 3.05) is 14.2 Å². The van der Waals surface area contributed by atoms with E-state index in [0.717, 1.165) is 3.97 Å². The number of aromatic nitrogens is 1. The lowest BCUT2D eigenvalue weighted by molar-refractivity contribution is 0.354. The zero-order valence-corrected chi connectivity index (χ0v) is 17.2. The van der Waals surface area contributed by atoms with E-state index in [1.165, 1.54) is 32.4 Å². The monoisotopic (exact) mass is 421 g/mol. The molecule has 0 aliphatic heterocycles. The minimum absolute atomic E-state index is 0.0743. The summed E-state index contributed by atoms with van der Waals surface area (Å²) in [5, 5.41) is 0.987. The van der Waals surface area contributed by atoms with Crippen molar-refractivity contribution in [2.24, 2.45) is 0 Å². The number of ether oxygens (including phenoxy) is 2. The Labute approximate surface area is 174 Å². The molecule has 0 saturated carbocycles. The van der Waals surface area contributed by atoms with E-state index in [-0.39, 0.29) is 16.3 Å². The van der Waals surface area contributed by atoms with Crippen LogP contribution in [0.15, 0.2) is 88.6 Å². The van der Waals surface area contributed by atoms with E-state index < -0.39 is 15.6 Å². The lowest BCUT2D eigenvalue weighted by Gasteiger charge is -2.16. The van der Waals surface area contributed by atoms with Gasteiger partial charge in [-0.05, 0) is 35.2 Å². The van der Waals surface area contributed by atoms with Gasteiger partial charge in [0.05, 0.1) is 24.8 Å². The van der Waals surface area contributed by atoms with Gasteiger partial charge in [-0.15, -0.1) is 0 Å². The van der Waals surface area contributed by atoms with E-state index in [1.54, 1.807) is 48.5 Å². The molecule has 0 spiro atoms. The fourth-order valence-corrected chi connectivity index (χ4v) is 4.81. The summed E-state index contributed by atoms with van der Waals surface area (Å²) in [5.74, 6) is 0.652. The highest BCUT2D eigenvalue weighted by Crippen LogP contribution is 2.32. The molecule has 4 aromatic rings. The smallest absolute Gasteiger partial charge is 0.272 e. The Morgan fingerprint density at radius 1 is 0.767 bits per heavy atom. The molecule has 3 aromatic carbocycles. The van der Waals surface area contributed by atoms with E-state index in [1.807, 2.05) is 12.1 Å². The number of fused-ring (bicyclic) bond motifs is 1. The second-order valence-corrected chi connectivity index (χ2v) is 8.36. The fourth-order valence-electron chi connectivity index (χ4n) is 3.37. The number of hydrogen-bond acceptors (Lipinski definition) is 5. The Kier molecular flexibility index (Phi) is 5.05. The highest BCUT2D eigenvalue weighted by Gasteiger charge is 2.25. The number of nitrogens with zero attached hydrogens (tertiary/aromatic N) is 1. The maximum Gasteiger partial charge on any atom is 0.272 e. The predicted molar refractivity (Wildman–Crippen MR) is 116 cm³/mol. The third-order valence-corrected chi connectivity index (χ3v) is 6.54. The number of hydrogen-bond donors (Lipinski definition) is 0. The maximum atomic E-state index is 13.6. The van der Waals surface area contributed by atoms with E-state index >= 15 is 0 Å². The van der Waals surface area contributed by atoms with Gasteiger partial charge in [0, 0.05) is 11.5 Å². The number of rotatable bonds is 5. The van der Waals surface area contributed by atoms with Crippen molar-refractivity contribution in [2.45, 2.75) is 4.90 Å². The van der Waals surface area contributed by atoms with Crippen LogP contribution in [-0.2, 0) is 10.0 Å². The molecule has 0 radical (unpaired) electrons. The van der Waals surface area contributed by atoms with E-state index in [0.29, 0.717) is 22.1 Å². The van der Waals surface area contributed by atoms with Gasteiger partial charge in [0.2, 0.25) is 0 Å². The third-order valence-electron chi connectivity index (χ3n) is 4.85. The van der Waals surface area contributed by atoms with Gasteiger partial charge in [0.15, 0.2) is 11.5 Å². The Hall–Kier alpha value is -3.58. The molecule has 30 heavy (non-hydrogen) atoms. The molecule has 0 amide bonds. The van der Waals surface area contributed by atoms with Gasteiger partial charge in [-0.1, -0.05) is 48.5 Å². The summed E-state index contributed by atoms with van der Waals surface area (Å²) in [5.41, 5.74) is 0.292. The fraction of sp³-hybridized carbons (Fsp3) is 0.0870. The van der Waals surface area contributed by atoms with Crippen LogP contribution in [0.5, 0.6) is 11.5 Å². The number of methoxy groups -OCH3 is 2. The van der Waals surface area contributed by atoms with Crippen LogP contribution in [0.4, 0.5) is 0 Å². The lowest BCUT2D eigenvalue weighted by Crippen LogP contribution is -2.29. The van der Waals surface area contributed by atoms with Crippen molar-refractivity contribution in [1.82, 2.24) is 3.97 Å². The molecule has 0 fully saturated rings. The highest BCUT2D eigenvalue weighted by molar-refractivity contribution is 7.90. The highest BCUT2D eigenvalue weighted by atomic mass is 32.2. The van der Waals surface area contributed by atoms with Crippen molar-refractivity contribution in [3.05, 3.63) is 89.2 Å². The lowest BCUT2D eigenvalue weighted by atomic mass is 10.1. The van der Waals surface area contributed by atoms with E-state index in [9.17, 15) is 13.2 Å². The molecule has 1 aromatic heterocycles. The predicted octanol–water partition coefficient (Wildman–Crippen LogP) is 3.92. The molecule has 0 unspecified atom stereocenters. The molecule has 4 rings (SSSR count). The van der Waals surface area contributed by atoms with Crippen molar-refractivity contribution in [3.63, 3.8) is 0 Å². The van der Waals surface area contributed by atoms with Crippen molar-refractivity contribution < 1.29 is 17.9 Å². The zero-order valence-electron chi connectivity index (χ0n) is 16.4. The second-order valence-electron chi connectivity index (χ2n) is 6.57. The Balaban J connectivity index is 2.07. The van der Waals surface area contributed by atoms with Gasteiger partial charge in [-0.3, -0.25) is 4.79 Å². The van der Waals surface area contributed by atoms with Crippen LogP contribution >= 0.6 is 0 Å². The molecule has 0 aliphatic rings. The summed E-state index contributed by atoms with van der Waals surface area (Å²) in [6.07, 6.45) is 0. The molecule has 0 atom stereocenters. The summed E-state index contributed by atoms with van der Waals surface area (Å²) in [6, 6.07) is 21.8. The molecule has 1 heterocycles. The SMILES string of the molecule is COc1ccc(S(=O)(=O)n2c(-c3ccccc3)cc3ccccc3c2=O)cc1OC. The first-order valence-corrected chi connectivity index (χ1v) is 10.6. The molecule has 0 aliphatic carbocycles. The van der Waals surface area contributed by atoms with Crippen LogP contribution in [0.25, 0.3) is 22.0 Å². The van der Waals surface area contributed by atoms with Crippen LogP contribution < -0.4 is 15.0 Å². The first-order valence-electron chi connectivity index (χ1n) is 9.15. The standard InChI is InChI=1S/C23H19NO5S/c1-28-21-13-12-18(15-22(21)29-2)30(26,27)24-20(16-8-4-3-5-9-16)14-17-10-6-7-11-19(17)23(24)25/h3-15H,1-2H3. The van der Waals surface area contributed by atoms with Crippen LogP contribution in [0.1, 0.15) is 0 Å². The van der Waals surface area contributed by atoms with Crippen molar-refractivity contribution in [1.29, 1.82) is 0 Å². The Morgan fingerprint density at radius 2 is 1.43 bits per heavy atom. The molecule has 0 saturated heterocycles.